The van der Waals surface area contributed by atoms with Crippen molar-refractivity contribution in [2.24, 2.45) is 0 Å². The van der Waals surface area contributed by atoms with Gasteiger partial charge in [-0.3, -0.25) is 4.90 Å². The molecule has 0 bridgehead atoms. The summed E-state index contributed by atoms with van der Waals surface area (Å²) in [5.41, 5.74) is 0. The van der Waals surface area contributed by atoms with Crippen molar-refractivity contribution in [2.75, 3.05) is 19.6 Å². The predicted molar refractivity (Wildman–Crippen MR) is 71.9 cm³/mol. The van der Waals surface area contributed by atoms with E-state index in [0.29, 0.717) is 0 Å². The Bertz CT molecular complexity index is 166. The molecule has 1 unspecified atom stereocenters. The summed E-state index contributed by atoms with van der Waals surface area (Å²) in [7, 11) is 0. The van der Waals surface area contributed by atoms with Crippen molar-refractivity contribution < 1.29 is 0 Å². The summed E-state index contributed by atoms with van der Waals surface area (Å²) >= 11 is 0. The number of hydrogen-bond acceptors (Lipinski definition) is 2. The predicted octanol–water partition coefficient (Wildman–Crippen LogP) is 3.03. The van der Waals surface area contributed by atoms with E-state index in [0.717, 1.165) is 12.1 Å². The first kappa shape index (κ1) is 14.0. The summed E-state index contributed by atoms with van der Waals surface area (Å²) in [6.07, 6.45) is 8.17. The van der Waals surface area contributed by atoms with E-state index < -0.39 is 0 Å². The third-order valence-corrected chi connectivity index (χ3v) is 3.70. The zero-order valence-corrected chi connectivity index (χ0v) is 11.5. The zero-order valence-electron chi connectivity index (χ0n) is 11.5. The van der Waals surface area contributed by atoms with Crippen LogP contribution in [0.1, 0.15) is 59.3 Å². The maximum absolute atomic E-state index is 3.71. The van der Waals surface area contributed by atoms with Gasteiger partial charge >= 0.3 is 0 Å². The van der Waals surface area contributed by atoms with Gasteiger partial charge in [-0.25, -0.2) is 0 Å². The van der Waals surface area contributed by atoms with Crippen LogP contribution in [0.5, 0.6) is 0 Å². The highest BCUT2D eigenvalue weighted by Crippen LogP contribution is 2.25. The molecule has 0 aromatic heterocycles. The van der Waals surface area contributed by atoms with Gasteiger partial charge in [-0.15, -0.1) is 0 Å². The lowest BCUT2D eigenvalue weighted by Crippen LogP contribution is -2.37. The summed E-state index contributed by atoms with van der Waals surface area (Å²) in [5, 5.41) is 3.71. The minimum atomic E-state index is 0.748. The van der Waals surface area contributed by atoms with Gasteiger partial charge in [0.1, 0.15) is 0 Å². The van der Waals surface area contributed by atoms with Gasteiger partial charge in [0.05, 0.1) is 0 Å². The largest absolute Gasteiger partial charge is 0.313 e. The lowest BCUT2D eigenvalue weighted by molar-refractivity contribution is 0.269. The molecule has 1 aliphatic rings. The number of nitrogens with one attached hydrogen (secondary N) is 1. The van der Waals surface area contributed by atoms with E-state index in [2.05, 4.69) is 31.0 Å². The molecule has 96 valence electrons. The highest BCUT2D eigenvalue weighted by atomic mass is 15.2. The molecule has 0 radical (unpaired) electrons. The van der Waals surface area contributed by atoms with Crippen LogP contribution < -0.4 is 5.32 Å². The second-order valence-corrected chi connectivity index (χ2v) is 5.06. The van der Waals surface area contributed by atoms with Crippen LogP contribution in [0.2, 0.25) is 0 Å². The third kappa shape index (κ3) is 5.31. The van der Waals surface area contributed by atoms with Gasteiger partial charge in [0.2, 0.25) is 0 Å². The van der Waals surface area contributed by atoms with Crippen LogP contribution in [-0.4, -0.2) is 36.6 Å². The Kier molecular flexibility index (Phi) is 7.06. The number of hydrogen-bond donors (Lipinski definition) is 1. The first-order chi connectivity index (χ1) is 7.81. The fraction of sp³-hybridized carbons (Fsp3) is 1.00. The molecule has 0 aromatic rings. The second kappa shape index (κ2) is 8.08. The average molecular weight is 226 g/mol. The second-order valence-electron chi connectivity index (χ2n) is 5.06. The van der Waals surface area contributed by atoms with E-state index in [1.807, 2.05) is 0 Å². The SMILES string of the molecule is CCCCC(CC)NCCN(CC)C1CC1. The molecule has 0 aromatic carbocycles. The van der Waals surface area contributed by atoms with Crippen molar-refractivity contribution >= 4 is 0 Å². The topological polar surface area (TPSA) is 15.3 Å². The summed E-state index contributed by atoms with van der Waals surface area (Å²) in [5.74, 6) is 0. The van der Waals surface area contributed by atoms with Gasteiger partial charge in [0, 0.05) is 25.2 Å². The standard InChI is InChI=1S/C14H30N2/c1-4-7-8-13(5-2)15-11-12-16(6-3)14-9-10-14/h13-15H,4-12H2,1-3H3. The molecule has 0 amide bonds. The zero-order chi connectivity index (χ0) is 11.8. The summed E-state index contributed by atoms with van der Waals surface area (Å²) in [6.45, 7) is 10.5. The van der Waals surface area contributed by atoms with Gasteiger partial charge in [0.25, 0.3) is 0 Å². The van der Waals surface area contributed by atoms with Crippen LogP contribution >= 0.6 is 0 Å². The Morgan fingerprint density at radius 3 is 2.50 bits per heavy atom. The normalized spacial score (nSPS) is 18.0. The van der Waals surface area contributed by atoms with E-state index in [1.165, 1.54) is 58.2 Å². The quantitative estimate of drug-likeness (QED) is 0.616. The number of rotatable bonds is 10. The highest BCUT2D eigenvalue weighted by molar-refractivity contribution is 4.84. The Hall–Kier alpha value is -0.0800. The molecule has 1 rings (SSSR count). The van der Waals surface area contributed by atoms with Gasteiger partial charge in [-0.2, -0.15) is 0 Å². The smallest absolute Gasteiger partial charge is 0.0110 e. The molecule has 1 fully saturated rings. The molecule has 16 heavy (non-hydrogen) atoms. The molecule has 0 aliphatic heterocycles. The minimum absolute atomic E-state index is 0.748. The molecule has 1 N–H and O–H groups in total. The van der Waals surface area contributed by atoms with Gasteiger partial charge < -0.3 is 5.32 Å². The average Bonchev–Trinajstić information content (AvgIpc) is 3.12. The molecule has 0 saturated heterocycles. The third-order valence-electron chi connectivity index (χ3n) is 3.70. The first-order valence-corrected chi connectivity index (χ1v) is 7.29. The van der Waals surface area contributed by atoms with Crippen molar-refractivity contribution in [1.82, 2.24) is 10.2 Å². The molecule has 2 nitrogen and oxygen atoms in total. The van der Waals surface area contributed by atoms with Crippen LogP contribution in [0, 0.1) is 0 Å². The fourth-order valence-electron chi connectivity index (χ4n) is 2.35. The van der Waals surface area contributed by atoms with Gasteiger partial charge in [0.15, 0.2) is 0 Å². The van der Waals surface area contributed by atoms with Crippen LogP contribution in [0.25, 0.3) is 0 Å². The lowest BCUT2D eigenvalue weighted by atomic mass is 10.1. The van der Waals surface area contributed by atoms with E-state index >= 15 is 0 Å². The van der Waals surface area contributed by atoms with Gasteiger partial charge in [-0.1, -0.05) is 33.6 Å². The van der Waals surface area contributed by atoms with Crippen LogP contribution in [-0.2, 0) is 0 Å². The molecule has 1 saturated carbocycles. The van der Waals surface area contributed by atoms with Crippen molar-refractivity contribution in [3.8, 4) is 0 Å². The van der Waals surface area contributed by atoms with Crippen molar-refractivity contribution in [3.63, 3.8) is 0 Å². The molecule has 0 spiro atoms. The maximum Gasteiger partial charge on any atom is 0.0110 e. The van der Waals surface area contributed by atoms with E-state index in [1.54, 1.807) is 0 Å². The van der Waals surface area contributed by atoms with E-state index in [-0.39, 0.29) is 0 Å². The summed E-state index contributed by atoms with van der Waals surface area (Å²) in [4.78, 5) is 2.62. The molecule has 0 heterocycles. The minimum Gasteiger partial charge on any atom is -0.313 e. The van der Waals surface area contributed by atoms with Crippen molar-refractivity contribution in [2.45, 2.75) is 71.4 Å². The number of nitrogens with zero attached hydrogens (tertiary/aromatic N) is 1. The Morgan fingerprint density at radius 1 is 1.25 bits per heavy atom. The Labute approximate surface area is 102 Å². The molecular formula is C14H30N2. The molecule has 1 atom stereocenters. The van der Waals surface area contributed by atoms with Crippen molar-refractivity contribution in [3.05, 3.63) is 0 Å². The summed E-state index contributed by atoms with van der Waals surface area (Å²) in [6, 6.07) is 1.67. The van der Waals surface area contributed by atoms with Gasteiger partial charge in [-0.05, 0) is 32.2 Å². The maximum atomic E-state index is 3.71. The lowest BCUT2D eigenvalue weighted by Gasteiger charge is -2.22. The first-order valence-electron chi connectivity index (χ1n) is 7.29. The number of unbranched alkanes of at least 4 members (excludes halogenated alkanes) is 1. The molecule has 1 aliphatic carbocycles. The molecule has 2 heteroatoms. The Balaban J connectivity index is 2.06. The van der Waals surface area contributed by atoms with Crippen molar-refractivity contribution in [1.29, 1.82) is 0 Å². The number of likely N-dealkylation sites (N-methyl/N-ethyl adjacent to an activating group) is 1. The van der Waals surface area contributed by atoms with E-state index in [9.17, 15) is 0 Å². The summed E-state index contributed by atoms with van der Waals surface area (Å²) < 4.78 is 0. The highest BCUT2D eigenvalue weighted by Gasteiger charge is 2.27. The molecular weight excluding hydrogens is 196 g/mol. The monoisotopic (exact) mass is 226 g/mol. The van der Waals surface area contributed by atoms with Crippen LogP contribution in [0.4, 0.5) is 0 Å². The van der Waals surface area contributed by atoms with Crippen LogP contribution in [0.3, 0.4) is 0 Å². The fourth-order valence-corrected chi connectivity index (χ4v) is 2.35. The van der Waals surface area contributed by atoms with E-state index in [4.69, 9.17) is 0 Å². The Morgan fingerprint density at radius 2 is 2.00 bits per heavy atom. The van der Waals surface area contributed by atoms with Crippen LogP contribution in [0.15, 0.2) is 0 Å².